The third-order valence-corrected chi connectivity index (χ3v) is 4.51. The van der Waals surface area contributed by atoms with Gasteiger partial charge in [-0.3, -0.25) is 4.79 Å². The Kier molecular flexibility index (Phi) is 4.77. The number of aliphatic carboxylic acids is 1. The molecule has 1 heterocycles. The first kappa shape index (κ1) is 15.0. The van der Waals surface area contributed by atoms with Crippen LogP contribution < -0.4 is 10.1 Å². The summed E-state index contributed by atoms with van der Waals surface area (Å²) in [7, 11) is 0. The average Bonchev–Trinajstić information content (AvgIpc) is 2.88. The van der Waals surface area contributed by atoms with Gasteiger partial charge in [0.2, 0.25) is 0 Å². The zero-order valence-electron chi connectivity index (χ0n) is 10.6. The van der Waals surface area contributed by atoms with Gasteiger partial charge in [0.1, 0.15) is 11.3 Å². The van der Waals surface area contributed by atoms with Crippen LogP contribution in [0.4, 0.5) is 0 Å². The number of carbonyl (C=O) groups excluding carboxylic acids is 1. The largest absolute Gasteiger partial charge is 0.482 e. The van der Waals surface area contributed by atoms with Crippen molar-refractivity contribution in [3.8, 4) is 5.75 Å². The number of halogens is 1. The van der Waals surface area contributed by atoms with Crippen molar-refractivity contribution < 1.29 is 19.4 Å². The van der Waals surface area contributed by atoms with E-state index in [4.69, 9.17) is 16.3 Å². The van der Waals surface area contributed by atoms with Crippen molar-refractivity contribution in [2.45, 2.75) is 12.0 Å². The van der Waals surface area contributed by atoms with Crippen molar-refractivity contribution in [2.75, 3.05) is 18.1 Å². The fourth-order valence-corrected chi connectivity index (χ4v) is 3.41. The molecule has 0 radical (unpaired) electrons. The predicted molar refractivity (Wildman–Crippen MR) is 77.4 cm³/mol. The van der Waals surface area contributed by atoms with Gasteiger partial charge in [0, 0.05) is 5.75 Å². The molecule has 1 saturated heterocycles. The quantitative estimate of drug-likeness (QED) is 0.866. The average molecular weight is 316 g/mol. The summed E-state index contributed by atoms with van der Waals surface area (Å²) in [6.07, 6.45) is 0.421. The number of carboxylic acids is 1. The predicted octanol–water partition coefficient (Wildman–Crippen LogP) is 1.80. The Labute approximate surface area is 125 Å². The highest BCUT2D eigenvalue weighted by atomic mass is 35.5. The maximum atomic E-state index is 11.8. The first-order valence-electron chi connectivity index (χ1n) is 6.03. The minimum atomic E-state index is -1.18. The van der Waals surface area contributed by atoms with Crippen molar-refractivity contribution >= 4 is 35.2 Å². The number of ether oxygens (including phenoxy) is 1. The van der Waals surface area contributed by atoms with Crippen LogP contribution in [0, 0.1) is 0 Å². The summed E-state index contributed by atoms with van der Waals surface area (Å²) in [6, 6.07) is 6.80. The third kappa shape index (κ3) is 3.37. The minimum absolute atomic E-state index is 0.260. The number of para-hydroxylation sites is 1. The molecule has 0 bridgehead atoms. The van der Waals surface area contributed by atoms with E-state index in [1.165, 1.54) is 11.8 Å². The van der Waals surface area contributed by atoms with Crippen LogP contribution in [0.15, 0.2) is 24.3 Å². The zero-order chi connectivity index (χ0) is 14.6. The lowest BCUT2D eigenvalue weighted by atomic mass is 9.99. The summed E-state index contributed by atoms with van der Waals surface area (Å²) in [4.78, 5) is 23.1. The molecule has 1 aliphatic rings. The molecule has 1 aliphatic heterocycles. The van der Waals surface area contributed by atoms with Crippen LogP contribution >= 0.6 is 23.4 Å². The Morgan fingerprint density at radius 2 is 2.20 bits per heavy atom. The number of amides is 1. The first-order chi connectivity index (χ1) is 9.53. The topological polar surface area (TPSA) is 75.6 Å². The van der Waals surface area contributed by atoms with E-state index in [1.807, 2.05) is 0 Å². The van der Waals surface area contributed by atoms with Crippen molar-refractivity contribution in [1.82, 2.24) is 5.32 Å². The summed E-state index contributed by atoms with van der Waals surface area (Å²) in [5.74, 6) is 0.0240. The van der Waals surface area contributed by atoms with Crippen molar-refractivity contribution in [1.29, 1.82) is 0 Å². The van der Waals surface area contributed by atoms with E-state index in [1.54, 1.807) is 24.3 Å². The lowest BCUT2D eigenvalue weighted by Gasteiger charge is -2.24. The fraction of sp³-hybridized carbons (Fsp3) is 0.385. The van der Waals surface area contributed by atoms with E-state index in [-0.39, 0.29) is 6.61 Å². The van der Waals surface area contributed by atoms with E-state index in [0.29, 0.717) is 22.9 Å². The Morgan fingerprint density at radius 1 is 1.45 bits per heavy atom. The molecule has 1 aromatic carbocycles. The molecule has 5 nitrogen and oxygen atoms in total. The number of hydrogen-bond donors (Lipinski definition) is 2. The summed E-state index contributed by atoms with van der Waals surface area (Å²) < 4.78 is 5.29. The third-order valence-electron chi connectivity index (χ3n) is 3.01. The SMILES string of the molecule is O=C(COc1ccccc1Cl)NC1(C(=O)O)CCSC1. The van der Waals surface area contributed by atoms with Crippen molar-refractivity contribution in [3.63, 3.8) is 0 Å². The number of thioether (sulfide) groups is 1. The maximum absolute atomic E-state index is 11.8. The molecule has 1 atom stereocenters. The Morgan fingerprint density at radius 3 is 2.80 bits per heavy atom. The molecule has 0 saturated carbocycles. The van der Waals surface area contributed by atoms with Crippen LogP contribution in [0.1, 0.15) is 6.42 Å². The summed E-state index contributed by atoms with van der Waals surface area (Å²) in [6.45, 7) is -0.260. The van der Waals surface area contributed by atoms with Gasteiger partial charge in [-0.1, -0.05) is 23.7 Å². The fourth-order valence-electron chi connectivity index (χ4n) is 1.89. The molecule has 1 unspecified atom stereocenters. The Balaban J connectivity index is 1.92. The number of hydrogen-bond acceptors (Lipinski definition) is 4. The lowest BCUT2D eigenvalue weighted by Crippen LogP contribution is -2.55. The van der Waals surface area contributed by atoms with Crippen molar-refractivity contribution in [3.05, 3.63) is 29.3 Å². The molecule has 2 rings (SSSR count). The van der Waals surface area contributed by atoms with Crippen LogP contribution in [0.3, 0.4) is 0 Å². The summed E-state index contributed by atoms with van der Waals surface area (Å²) >= 11 is 7.41. The number of carbonyl (C=O) groups is 2. The number of benzene rings is 1. The van der Waals surface area contributed by atoms with Crippen LogP contribution in [0.2, 0.25) is 5.02 Å². The molecule has 0 aliphatic carbocycles. The minimum Gasteiger partial charge on any atom is -0.482 e. The second-order valence-corrected chi connectivity index (χ2v) is 5.97. The molecule has 2 N–H and O–H groups in total. The molecular weight excluding hydrogens is 302 g/mol. The van der Waals surface area contributed by atoms with Crippen LogP contribution in [0.25, 0.3) is 0 Å². The molecule has 1 aromatic rings. The van der Waals surface area contributed by atoms with Crippen LogP contribution in [-0.2, 0) is 9.59 Å². The monoisotopic (exact) mass is 315 g/mol. The molecule has 0 aromatic heterocycles. The molecule has 1 amide bonds. The van der Waals surface area contributed by atoms with E-state index in [2.05, 4.69) is 5.32 Å². The number of nitrogens with one attached hydrogen (secondary N) is 1. The van der Waals surface area contributed by atoms with Gasteiger partial charge >= 0.3 is 5.97 Å². The van der Waals surface area contributed by atoms with E-state index in [0.717, 1.165) is 5.75 Å². The smallest absolute Gasteiger partial charge is 0.330 e. The lowest BCUT2D eigenvalue weighted by molar-refractivity contribution is -0.146. The van der Waals surface area contributed by atoms with Gasteiger partial charge in [-0.25, -0.2) is 4.79 Å². The maximum Gasteiger partial charge on any atom is 0.330 e. The highest BCUT2D eigenvalue weighted by Gasteiger charge is 2.43. The molecule has 0 spiro atoms. The van der Waals surface area contributed by atoms with E-state index in [9.17, 15) is 14.7 Å². The molecule has 20 heavy (non-hydrogen) atoms. The van der Waals surface area contributed by atoms with E-state index < -0.39 is 17.4 Å². The van der Waals surface area contributed by atoms with E-state index >= 15 is 0 Å². The first-order valence-corrected chi connectivity index (χ1v) is 7.56. The molecular formula is C13H14ClNO4S. The molecule has 1 fully saturated rings. The van der Waals surface area contributed by atoms with Crippen molar-refractivity contribution in [2.24, 2.45) is 0 Å². The van der Waals surface area contributed by atoms with Gasteiger partial charge in [0.15, 0.2) is 6.61 Å². The normalized spacial score (nSPS) is 21.4. The van der Waals surface area contributed by atoms with Gasteiger partial charge in [-0.15, -0.1) is 0 Å². The van der Waals surface area contributed by atoms with Gasteiger partial charge in [0.25, 0.3) is 5.91 Å². The zero-order valence-corrected chi connectivity index (χ0v) is 12.2. The highest BCUT2D eigenvalue weighted by molar-refractivity contribution is 7.99. The Hall–Kier alpha value is -1.40. The van der Waals surface area contributed by atoms with Gasteiger partial charge in [-0.2, -0.15) is 11.8 Å². The summed E-state index contributed by atoms with van der Waals surface area (Å²) in [5, 5.41) is 12.2. The Bertz CT molecular complexity index is 517. The van der Waals surface area contributed by atoms with Gasteiger partial charge < -0.3 is 15.2 Å². The molecule has 7 heteroatoms. The second-order valence-electron chi connectivity index (χ2n) is 4.46. The standard InChI is InChI=1S/C13H14ClNO4S/c14-9-3-1-2-4-10(9)19-7-11(16)15-13(12(17)18)5-6-20-8-13/h1-4H,5-8H2,(H,15,16)(H,17,18). The van der Waals surface area contributed by atoms with Crippen LogP contribution in [-0.4, -0.2) is 40.6 Å². The highest BCUT2D eigenvalue weighted by Crippen LogP contribution is 2.28. The van der Waals surface area contributed by atoms with Gasteiger partial charge in [0.05, 0.1) is 5.02 Å². The second kappa shape index (κ2) is 6.37. The summed E-state index contributed by atoms with van der Waals surface area (Å²) in [5.41, 5.74) is -1.18. The number of rotatable bonds is 5. The molecule has 108 valence electrons. The van der Waals surface area contributed by atoms with Crippen LogP contribution in [0.5, 0.6) is 5.75 Å². The van der Waals surface area contributed by atoms with Gasteiger partial charge in [-0.05, 0) is 24.3 Å². The number of carboxylic acid groups (broad SMARTS) is 1.